The summed E-state index contributed by atoms with van der Waals surface area (Å²) in [6, 6.07) is 23.4. The highest BCUT2D eigenvalue weighted by Crippen LogP contribution is 2.31. The lowest BCUT2D eigenvalue weighted by atomic mass is 10.0. The first-order valence-electron chi connectivity index (χ1n) is 11.2. The molecule has 32 heavy (non-hydrogen) atoms. The van der Waals surface area contributed by atoms with Gasteiger partial charge in [0, 0.05) is 36.5 Å². The van der Waals surface area contributed by atoms with Crippen LogP contribution >= 0.6 is 11.3 Å². The van der Waals surface area contributed by atoms with Crippen LogP contribution in [0, 0.1) is 6.92 Å². The van der Waals surface area contributed by atoms with E-state index >= 15 is 0 Å². The molecule has 1 saturated heterocycles. The van der Waals surface area contributed by atoms with Crippen LogP contribution in [0.2, 0.25) is 0 Å². The summed E-state index contributed by atoms with van der Waals surface area (Å²) in [6.07, 6.45) is 0.857. The van der Waals surface area contributed by atoms with Gasteiger partial charge >= 0.3 is 0 Å². The number of benzene rings is 3. The van der Waals surface area contributed by atoms with Crippen molar-refractivity contribution in [3.63, 3.8) is 0 Å². The highest BCUT2D eigenvalue weighted by molar-refractivity contribution is 7.12. The van der Waals surface area contributed by atoms with Crippen LogP contribution in [-0.2, 0) is 11.2 Å². The highest BCUT2D eigenvalue weighted by Gasteiger charge is 2.13. The Hall–Kier alpha value is -2.73. The van der Waals surface area contributed by atoms with Gasteiger partial charge in [0.1, 0.15) is 12.4 Å². The number of nitrogens with zero attached hydrogens (tertiary/aromatic N) is 2. The number of hydrogen-bond acceptors (Lipinski definition) is 5. The predicted octanol–water partition coefficient (Wildman–Crippen LogP) is 5.57. The zero-order valence-corrected chi connectivity index (χ0v) is 19.2. The summed E-state index contributed by atoms with van der Waals surface area (Å²) < 4.78 is 11.4. The Labute approximate surface area is 193 Å². The van der Waals surface area contributed by atoms with Crippen LogP contribution in [0.15, 0.2) is 66.7 Å². The fraction of sp³-hybridized carbons (Fsp3) is 0.296. The van der Waals surface area contributed by atoms with Gasteiger partial charge in [0.05, 0.1) is 23.9 Å². The number of ether oxygens (including phenoxy) is 2. The molecule has 0 radical (unpaired) electrons. The number of aryl methyl sites for hydroxylation is 1. The zero-order chi connectivity index (χ0) is 21.8. The van der Waals surface area contributed by atoms with Gasteiger partial charge in [0.25, 0.3) is 0 Å². The SMILES string of the molecule is Cc1sc(Cc2cccc3ccccc23)nc1-c1ccc(OCCN2CCOCC2)cc1. The van der Waals surface area contributed by atoms with Crippen molar-refractivity contribution in [1.82, 2.24) is 9.88 Å². The van der Waals surface area contributed by atoms with Crippen molar-refractivity contribution >= 4 is 22.1 Å². The lowest BCUT2D eigenvalue weighted by Gasteiger charge is -2.26. The van der Waals surface area contributed by atoms with Crippen LogP contribution in [0.1, 0.15) is 15.4 Å². The second kappa shape index (κ2) is 9.82. The minimum absolute atomic E-state index is 0.699. The standard InChI is InChI=1S/C27H28N2O2S/c1-20-27(22-9-11-24(12-10-22)31-18-15-29-13-16-30-17-14-29)28-26(32-20)19-23-7-4-6-21-5-2-3-8-25(21)23/h2-12H,13-19H2,1H3. The maximum Gasteiger partial charge on any atom is 0.119 e. The number of morpholine rings is 1. The van der Waals surface area contributed by atoms with Crippen molar-refractivity contribution in [3.05, 3.63) is 82.2 Å². The van der Waals surface area contributed by atoms with E-state index in [9.17, 15) is 0 Å². The largest absolute Gasteiger partial charge is 0.492 e. The van der Waals surface area contributed by atoms with Crippen molar-refractivity contribution in [1.29, 1.82) is 0 Å². The maximum atomic E-state index is 5.95. The smallest absolute Gasteiger partial charge is 0.119 e. The molecule has 1 fully saturated rings. The van der Waals surface area contributed by atoms with Gasteiger partial charge in [-0.25, -0.2) is 4.98 Å². The van der Waals surface area contributed by atoms with Crippen LogP contribution in [-0.4, -0.2) is 49.3 Å². The van der Waals surface area contributed by atoms with Crippen LogP contribution in [0.3, 0.4) is 0 Å². The summed E-state index contributed by atoms with van der Waals surface area (Å²) in [6.45, 7) is 7.43. The minimum Gasteiger partial charge on any atom is -0.492 e. The first kappa shape index (κ1) is 21.1. The lowest BCUT2D eigenvalue weighted by Crippen LogP contribution is -2.38. The van der Waals surface area contributed by atoms with E-state index in [-0.39, 0.29) is 0 Å². The molecule has 0 unspecified atom stereocenters. The van der Waals surface area contributed by atoms with Crippen molar-refractivity contribution in [2.24, 2.45) is 0 Å². The Morgan fingerprint density at radius 1 is 0.969 bits per heavy atom. The fourth-order valence-corrected chi connectivity index (χ4v) is 5.21. The molecule has 0 aliphatic carbocycles. The molecule has 5 rings (SSSR count). The summed E-state index contributed by atoms with van der Waals surface area (Å²) in [4.78, 5) is 8.63. The summed E-state index contributed by atoms with van der Waals surface area (Å²) in [7, 11) is 0. The Morgan fingerprint density at radius 3 is 2.59 bits per heavy atom. The molecule has 1 aliphatic rings. The van der Waals surface area contributed by atoms with Crippen LogP contribution < -0.4 is 4.74 Å². The molecule has 0 atom stereocenters. The van der Waals surface area contributed by atoms with Gasteiger partial charge in [-0.3, -0.25) is 4.90 Å². The molecule has 4 nitrogen and oxygen atoms in total. The quantitative estimate of drug-likeness (QED) is 0.373. The average Bonchev–Trinajstić information content (AvgIpc) is 3.20. The normalized spacial score (nSPS) is 14.7. The Balaban J connectivity index is 1.25. The predicted molar refractivity (Wildman–Crippen MR) is 132 cm³/mol. The molecule has 5 heteroatoms. The Kier molecular flexibility index (Phi) is 6.49. The molecule has 3 aromatic carbocycles. The summed E-state index contributed by atoms with van der Waals surface area (Å²) in [5.41, 5.74) is 3.54. The number of hydrogen-bond donors (Lipinski definition) is 0. The van der Waals surface area contributed by atoms with Crippen LogP contribution in [0.4, 0.5) is 0 Å². The molecule has 2 heterocycles. The van der Waals surface area contributed by atoms with E-state index in [1.165, 1.54) is 21.2 Å². The van der Waals surface area contributed by atoms with Gasteiger partial charge in [0.2, 0.25) is 0 Å². The second-order valence-corrected chi connectivity index (χ2v) is 9.44. The number of rotatable bonds is 7. The molecule has 0 spiro atoms. The van der Waals surface area contributed by atoms with E-state index in [4.69, 9.17) is 14.5 Å². The molecule has 1 aromatic heterocycles. The van der Waals surface area contributed by atoms with Crippen molar-refractivity contribution in [2.45, 2.75) is 13.3 Å². The van der Waals surface area contributed by atoms with Crippen molar-refractivity contribution < 1.29 is 9.47 Å². The molecule has 164 valence electrons. The van der Waals surface area contributed by atoms with Gasteiger partial charge in [-0.1, -0.05) is 42.5 Å². The zero-order valence-electron chi connectivity index (χ0n) is 18.4. The minimum atomic E-state index is 0.699. The van der Waals surface area contributed by atoms with Crippen molar-refractivity contribution in [3.8, 4) is 17.0 Å². The lowest BCUT2D eigenvalue weighted by molar-refractivity contribution is 0.0322. The molecular formula is C27H28N2O2S. The summed E-state index contributed by atoms with van der Waals surface area (Å²) in [5.74, 6) is 0.908. The molecule has 1 aliphatic heterocycles. The van der Waals surface area contributed by atoms with E-state index in [0.29, 0.717) is 6.61 Å². The number of fused-ring (bicyclic) bond motifs is 1. The average molecular weight is 445 g/mol. The summed E-state index contributed by atoms with van der Waals surface area (Å²) in [5, 5.41) is 3.74. The van der Waals surface area contributed by atoms with E-state index in [1.54, 1.807) is 11.3 Å². The molecule has 0 bridgehead atoms. The van der Waals surface area contributed by atoms with Crippen LogP contribution in [0.25, 0.3) is 22.0 Å². The maximum absolute atomic E-state index is 5.95. The van der Waals surface area contributed by atoms with E-state index in [2.05, 4.69) is 78.6 Å². The van der Waals surface area contributed by atoms with Gasteiger partial charge < -0.3 is 9.47 Å². The third kappa shape index (κ3) is 4.85. The number of thiazole rings is 1. The van der Waals surface area contributed by atoms with Crippen molar-refractivity contribution in [2.75, 3.05) is 39.5 Å². The first-order chi connectivity index (χ1) is 15.8. The third-order valence-electron chi connectivity index (χ3n) is 5.97. The first-order valence-corrected chi connectivity index (χ1v) is 12.0. The Morgan fingerprint density at radius 2 is 1.75 bits per heavy atom. The molecule has 0 saturated carbocycles. The highest BCUT2D eigenvalue weighted by atomic mass is 32.1. The van der Waals surface area contributed by atoms with Gasteiger partial charge in [-0.05, 0) is 47.5 Å². The van der Waals surface area contributed by atoms with E-state index in [0.717, 1.165) is 61.3 Å². The Bertz CT molecular complexity index is 1170. The molecule has 4 aromatic rings. The van der Waals surface area contributed by atoms with Gasteiger partial charge in [-0.2, -0.15) is 0 Å². The molecular weight excluding hydrogens is 416 g/mol. The van der Waals surface area contributed by atoms with Crippen LogP contribution in [0.5, 0.6) is 5.75 Å². The topological polar surface area (TPSA) is 34.6 Å². The van der Waals surface area contributed by atoms with Gasteiger partial charge in [0.15, 0.2) is 0 Å². The van der Waals surface area contributed by atoms with Gasteiger partial charge in [-0.15, -0.1) is 11.3 Å². The second-order valence-electron chi connectivity index (χ2n) is 8.15. The van der Waals surface area contributed by atoms with E-state index < -0.39 is 0 Å². The molecule has 0 amide bonds. The number of aromatic nitrogens is 1. The van der Waals surface area contributed by atoms with E-state index in [1.807, 2.05) is 0 Å². The summed E-state index contributed by atoms with van der Waals surface area (Å²) >= 11 is 1.79. The molecule has 0 N–H and O–H groups in total. The fourth-order valence-electron chi connectivity index (χ4n) is 4.23. The monoisotopic (exact) mass is 444 g/mol. The third-order valence-corrected chi connectivity index (χ3v) is 6.94.